The molecular formula is C36H70O5. The monoisotopic (exact) mass is 583 g/mol. The molecule has 0 fully saturated rings. The molecule has 2 N–H and O–H groups in total. The van der Waals surface area contributed by atoms with Crippen molar-refractivity contribution < 1.29 is 24.5 Å². The van der Waals surface area contributed by atoms with E-state index in [1.807, 2.05) is 0 Å². The highest BCUT2D eigenvalue weighted by atomic mass is 16.6. The minimum Gasteiger partial charge on any atom is -0.396 e. The summed E-state index contributed by atoms with van der Waals surface area (Å²) in [5, 5.41) is 18.8. The van der Waals surface area contributed by atoms with Crippen LogP contribution in [0.5, 0.6) is 0 Å². The highest BCUT2D eigenvalue weighted by Crippen LogP contribution is 2.16. The number of unbranched alkanes of at least 4 members (excludes halogenated alkanes) is 27. The molecule has 0 aromatic rings. The Morgan fingerprint density at radius 2 is 0.805 bits per heavy atom. The summed E-state index contributed by atoms with van der Waals surface area (Å²) in [5.74, 6) is -1.27. The molecule has 0 amide bonds. The Kier molecular flexibility index (Phi) is 32.8. The van der Waals surface area contributed by atoms with Gasteiger partial charge < -0.3 is 14.9 Å². The van der Waals surface area contributed by atoms with Crippen molar-refractivity contribution in [2.75, 3.05) is 6.61 Å². The fourth-order valence-corrected chi connectivity index (χ4v) is 5.56. The van der Waals surface area contributed by atoms with Crippen molar-refractivity contribution in [1.82, 2.24) is 0 Å². The Morgan fingerprint density at radius 3 is 1.17 bits per heavy atom. The summed E-state index contributed by atoms with van der Waals surface area (Å²) in [7, 11) is 0. The molecule has 0 radical (unpaired) electrons. The first-order valence-corrected chi connectivity index (χ1v) is 18.1. The molecule has 5 heteroatoms. The van der Waals surface area contributed by atoms with Crippen molar-refractivity contribution in [2.24, 2.45) is 0 Å². The maximum atomic E-state index is 12.0. The third kappa shape index (κ3) is 31.8. The van der Waals surface area contributed by atoms with Crippen molar-refractivity contribution in [3.63, 3.8) is 0 Å². The first kappa shape index (κ1) is 40.1. The number of esters is 2. The van der Waals surface area contributed by atoms with Crippen LogP contribution < -0.4 is 0 Å². The number of rotatable bonds is 33. The van der Waals surface area contributed by atoms with Crippen LogP contribution in [0.1, 0.15) is 206 Å². The molecule has 1 atom stereocenters. The van der Waals surface area contributed by atoms with Gasteiger partial charge in [-0.25, -0.2) is 4.79 Å². The maximum Gasteiger partial charge on any atom is 0.342 e. The van der Waals surface area contributed by atoms with E-state index < -0.39 is 18.0 Å². The van der Waals surface area contributed by atoms with Gasteiger partial charge in [0.1, 0.15) is 0 Å². The number of carbonyl (C=O) groups excluding carboxylic acids is 2. The number of hydrogen-bond donors (Lipinski definition) is 2. The molecule has 0 aliphatic heterocycles. The van der Waals surface area contributed by atoms with Gasteiger partial charge in [-0.2, -0.15) is 0 Å². The molecule has 5 nitrogen and oxygen atoms in total. The molecule has 0 bridgehead atoms. The van der Waals surface area contributed by atoms with Crippen LogP contribution in [-0.2, 0) is 14.3 Å². The van der Waals surface area contributed by atoms with E-state index in [1.54, 1.807) is 0 Å². The first-order valence-electron chi connectivity index (χ1n) is 18.1. The molecule has 0 rings (SSSR count). The summed E-state index contributed by atoms with van der Waals surface area (Å²) >= 11 is 0. The minimum atomic E-state index is -1.17. The van der Waals surface area contributed by atoms with Gasteiger partial charge in [-0.3, -0.25) is 4.79 Å². The summed E-state index contributed by atoms with van der Waals surface area (Å²) in [6.07, 6.45) is 35.2. The summed E-state index contributed by atoms with van der Waals surface area (Å²) in [5.41, 5.74) is 0. The fourth-order valence-electron chi connectivity index (χ4n) is 5.56. The van der Waals surface area contributed by atoms with E-state index in [2.05, 4.69) is 6.92 Å². The average molecular weight is 583 g/mol. The quantitative estimate of drug-likeness (QED) is 0.0457. The predicted octanol–water partition coefficient (Wildman–Crippen LogP) is 10.5. The Balaban J connectivity index is 3.40. The Hall–Kier alpha value is -0.940. The lowest BCUT2D eigenvalue weighted by Gasteiger charge is -2.09. The van der Waals surface area contributed by atoms with Crippen LogP contribution in [0, 0.1) is 0 Å². The van der Waals surface area contributed by atoms with Crippen LogP contribution in [0.15, 0.2) is 0 Å². The molecule has 1 unspecified atom stereocenters. The summed E-state index contributed by atoms with van der Waals surface area (Å²) < 4.78 is 4.87. The smallest absolute Gasteiger partial charge is 0.342 e. The first-order chi connectivity index (χ1) is 20.1. The Bertz CT molecular complexity index is 550. The van der Waals surface area contributed by atoms with Gasteiger partial charge in [0.15, 0.2) is 6.10 Å². The number of ether oxygens (including phenoxy) is 1. The number of aliphatic hydroxyl groups excluding tert-OH is 2. The molecule has 0 saturated heterocycles. The molecular weight excluding hydrogens is 512 g/mol. The van der Waals surface area contributed by atoms with Crippen LogP contribution >= 0.6 is 0 Å². The molecule has 0 spiro atoms. The zero-order valence-electron chi connectivity index (χ0n) is 27.3. The SMILES string of the molecule is CCCCCCCCCCCCCCCCC(O)C(=O)OC(=O)CCCCCCCCCCCCCCCCCO. The van der Waals surface area contributed by atoms with Crippen molar-refractivity contribution in [1.29, 1.82) is 0 Å². The number of carbonyl (C=O) groups is 2. The van der Waals surface area contributed by atoms with E-state index in [1.165, 1.54) is 141 Å². The fraction of sp³-hybridized carbons (Fsp3) is 0.944. The standard InChI is InChI=1S/C36H70O5/c1-2-3-4-5-6-7-8-9-13-16-19-22-25-28-31-34(38)36(40)41-35(39)32-29-26-23-20-17-14-11-10-12-15-18-21-24-27-30-33-37/h34,37-38H,2-33H2,1H3. The van der Waals surface area contributed by atoms with E-state index in [4.69, 9.17) is 9.84 Å². The van der Waals surface area contributed by atoms with Gasteiger partial charge >= 0.3 is 11.9 Å². The second-order valence-corrected chi connectivity index (χ2v) is 12.5. The lowest BCUT2D eigenvalue weighted by atomic mass is 10.0. The van der Waals surface area contributed by atoms with Crippen molar-refractivity contribution in [2.45, 2.75) is 212 Å². The normalized spacial score (nSPS) is 12.1. The highest BCUT2D eigenvalue weighted by Gasteiger charge is 2.19. The second-order valence-electron chi connectivity index (χ2n) is 12.5. The van der Waals surface area contributed by atoms with E-state index in [0.29, 0.717) is 13.0 Å². The maximum absolute atomic E-state index is 12.0. The van der Waals surface area contributed by atoms with E-state index >= 15 is 0 Å². The van der Waals surface area contributed by atoms with Gasteiger partial charge in [0, 0.05) is 13.0 Å². The Labute approximate surface area is 255 Å². The van der Waals surface area contributed by atoms with Crippen LogP contribution in [0.3, 0.4) is 0 Å². The zero-order chi connectivity index (χ0) is 30.1. The summed E-state index contributed by atoms with van der Waals surface area (Å²) in [6.45, 7) is 2.59. The second kappa shape index (κ2) is 33.6. The van der Waals surface area contributed by atoms with E-state index in [0.717, 1.165) is 44.9 Å². The van der Waals surface area contributed by atoms with E-state index in [9.17, 15) is 14.7 Å². The van der Waals surface area contributed by atoms with Crippen LogP contribution in [0.25, 0.3) is 0 Å². The average Bonchev–Trinajstić information content (AvgIpc) is 2.96. The third-order valence-corrected chi connectivity index (χ3v) is 8.36. The predicted molar refractivity (Wildman–Crippen MR) is 173 cm³/mol. The minimum absolute atomic E-state index is 0.261. The molecule has 244 valence electrons. The molecule has 0 heterocycles. The topological polar surface area (TPSA) is 83.8 Å². The largest absolute Gasteiger partial charge is 0.396 e. The van der Waals surface area contributed by atoms with Gasteiger partial charge in [-0.1, -0.05) is 180 Å². The van der Waals surface area contributed by atoms with Crippen molar-refractivity contribution in [3.05, 3.63) is 0 Å². The number of hydrogen-bond acceptors (Lipinski definition) is 5. The van der Waals surface area contributed by atoms with Crippen LogP contribution in [0.2, 0.25) is 0 Å². The molecule has 0 aromatic heterocycles. The lowest BCUT2D eigenvalue weighted by molar-refractivity contribution is -0.166. The molecule has 0 aromatic carbocycles. The zero-order valence-corrected chi connectivity index (χ0v) is 27.3. The third-order valence-electron chi connectivity index (χ3n) is 8.36. The Morgan fingerprint density at radius 1 is 0.488 bits per heavy atom. The highest BCUT2D eigenvalue weighted by molar-refractivity contribution is 5.87. The molecule has 0 aliphatic rings. The molecule has 0 aliphatic carbocycles. The lowest BCUT2D eigenvalue weighted by Crippen LogP contribution is -2.25. The van der Waals surface area contributed by atoms with Crippen molar-refractivity contribution in [3.8, 4) is 0 Å². The van der Waals surface area contributed by atoms with Crippen molar-refractivity contribution >= 4 is 11.9 Å². The molecule has 41 heavy (non-hydrogen) atoms. The summed E-state index contributed by atoms with van der Waals surface area (Å²) in [4.78, 5) is 23.9. The van der Waals surface area contributed by atoms with Gasteiger partial charge in [-0.05, 0) is 19.3 Å². The number of aliphatic hydroxyl groups is 2. The van der Waals surface area contributed by atoms with Gasteiger partial charge in [0.2, 0.25) is 0 Å². The van der Waals surface area contributed by atoms with Gasteiger partial charge in [0.25, 0.3) is 0 Å². The van der Waals surface area contributed by atoms with E-state index in [-0.39, 0.29) is 6.42 Å². The van der Waals surface area contributed by atoms with Gasteiger partial charge in [0.05, 0.1) is 0 Å². The van der Waals surface area contributed by atoms with Gasteiger partial charge in [-0.15, -0.1) is 0 Å². The van der Waals surface area contributed by atoms with Crippen LogP contribution in [0.4, 0.5) is 0 Å². The van der Waals surface area contributed by atoms with Crippen LogP contribution in [-0.4, -0.2) is 34.9 Å². The molecule has 0 saturated carbocycles. The summed E-state index contributed by atoms with van der Waals surface area (Å²) in [6, 6.07) is 0.